The van der Waals surface area contributed by atoms with Crippen molar-refractivity contribution in [3.8, 4) is 0 Å². The lowest BCUT2D eigenvalue weighted by molar-refractivity contribution is -0.128. The van der Waals surface area contributed by atoms with Crippen molar-refractivity contribution in [2.45, 2.75) is 26.4 Å². The highest BCUT2D eigenvalue weighted by atomic mass is 16.4. The van der Waals surface area contributed by atoms with Gasteiger partial charge in [0.1, 0.15) is 5.76 Å². The molecule has 2 heterocycles. The number of amides is 1. The topological polar surface area (TPSA) is 82.8 Å². The minimum atomic E-state index is -1.07. The van der Waals surface area contributed by atoms with Gasteiger partial charge in [0.2, 0.25) is 11.7 Å². The zero-order valence-electron chi connectivity index (χ0n) is 10.4. The predicted molar refractivity (Wildman–Crippen MR) is 63.3 cm³/mol. The van der Waals surface area contributed by atoms with E-state index < -0.39 is 5.97 Å². The highest BCUT2D eigenvalue weighted by Gasteiger charge is 2.26. The molecule has 0 saturated carbocycles. The molecule has 18 heavy (non-hydrogen) atoms. The molecule has 1 aliphatic heterocycles. The van der Waals surface area contributed by atoms with Crippen molar-refractivity contribution in [1.29, 1.82) is 0 Å². The van der Waals surface area contributed by atoms with E-state index in [0.717, 1.165) is 6.54 Å². The summed E-state index contributed by atoms with van der Waals surface area (Å²) in [6.07, 6.45) is 0. The number of furan rings is 1. The van der Waals surface area contributed by atoms with Crippen molar-refractivity contribution in [3.05, 3.63) is 23.2 Å². The van der Waals surface area contributed by atoms with Gasteiger partial charge >= 0.3 is 5.97 Å². The van der Waals surface area contributed by atoms with E-state index >= 15 is 0 Å². The Morgan fingerprint density at radius 2 is 2.39 bits per heavy atom. The van der Waals surface area contributed by atoms with E-state index in [1.807, 2.05) is 11.8 Å². The second kappa shape index (κ2) is 4.81. The summed E-state index contributed by atoms with van der Waals surface area (Å²) in [5.74, 6) is -0.531. The fraction of sp³-hybridized carbons (Fsp3) is 0.500. The number of carbonyl (C=O) groups excluding carboxylic acids is 1. The third-order valence-corrected chi connectivity index (χ3v) is 3.15. The van der Waals surface area contributed by atoms with Crippen molar-refractivity contribution in [1.82, 2.24) is 10.2 Å². The van der Waals surface area contributed by atoms with Crippen LogP contribution in [0.5, 0.6) is 0 Å². The van der Waals surface area contributed by atoms with Crippen molar-refractivity contribution >= 4 is 11.9 Å². The van der Waals surface area contributed by atoms with E-state index in [2.05, 4.69) is 5.32 Å². The van der Waals surface area contributed by atoms with Gasteiger partial charge in [0, 0.05) is 18.7 Å². The number of piperazine rings is 1. The van der Waals surface area contributed by atoms with Crippen LogP contribution in [0.25, 0.3) is 0 Å². The van der Waals surface area contributed by atoms with Gasteiger partial charge in [0.15, 0.2) is 0 Å². The molecule has 6 heteroatoms. The minimum absolute atomic E-state index is 0.0111. The summed E-state index contributed by atoms with van der Waals surface area (Å²) >= 11 is 0. The Balaban J connectivity index is 2.11. The molecule has 1 aromatic rings. The van der Waals surface area contributed by atoms with Crippen LogP contribution in [-0.2, 0) is 11.3 Å². The number of carboxylic acids is 1. The molecule has 6 nitrogen and oxygen atoms in total. The first-order valence-electron chi connectivity index (χ1n) is 5.83. The van der Waals surface area contributed by atoms with E-state index in [-0.39, 0.29) is 17.7 Å². The average molecular weight is 252 g/mol. The Hall–Kier alpha value is -1.82. The monoisotopic (exact) mass is 252 g/mol. The zero-order valence-corrected chi connectivity index (χ0v) is 10.4. The van der Waals surface area contributed by atoms with E-state index in [1.54, 1.807) is 13.0 Å². The number of hydrogen-bond donors (Lipinski definition) is 2. The predicted octanol–water partition coefficient (Wildman–Crippen LogP) is 0.607. The first-order valence-corrected chi connectivity index (χ1v) is 5.83. The van der Waals surface area contributed by atoms with Crippen LogP contribution in [0.4, 0.5) is 0 Å². The summed E-state index contributed by atoms with van der Waals surface area (Å²) in [6.45, 7) is 5.30. The Labute approximate surface area is 105 Å². The summed E-state index contributed by atoms with van der Waals surface area (Å²) in [6, 6.07) is 1.49. The number of carbonyl (C=O) groups is 2. The van der Waals surface area contributed by atoms with Crippen molar-refractivity contribution in [2.75, 3.05) is 13.1 Å². The molecule has 1 fully saturated rings. The Bertz CT molecular complexity index is 480. The molecule has 1 amide bonds. The van der Waals surface area contributed by atoms with Crippen molar-refractivity contribution < 1.29 is 19.1 Å². The SMILES string of the molecule is Cc1cc(CN2CCNC(=O)C2C)oc1C(=O)O. The van der Waals surface area contributed by atoms with E-state index in [0.29, 0.717) is 24.4 Å². The van der Waals surface area contributed by atoms with Gasteiger partial charge in [0.25, 0.3) is 0 Å². The highest BCUT2D eigenvalue weighted by molar-refractivity contribution is 5.86. The zero-order chi connectivity index (χ0) is 13.3. The maximum Gasteiger partial charge on any atom is 0.372 e. The lowest BCUT2D eigenvalue weighted by Crippen LogP contribution is -2.53. The highest BCUT2D eigenvalue weighted by Crippen LogP contribution is 2.18. The fourth-order valence-corrected chi connectivity index (χ4v) is 2.08. The molecular weight excluding hydrogens is 236 g/mol. The number of carboxylic acid groups (broad SMARTS) is 1. The molecule has 0 aromatic carbocycles. The molecule has 98 valence electrons. The number of hydrogen-bond acceptors (Lipinski definition) is 4. The molecule has 1 saturated heterocycles. The minimum Gasteiger partial charge on any atom is -0.475 e. The average Bonchev–Trinajstić information content (AvgIpc) is 2.66. The molecule has 1 aliphatic rings. The van der Waals surface area contributed by atoms with Crippen LogP contribution in [0.2, 0.25) is 0 Å². The Morgan fingerprint density at radius 3 is 3.00 bits per heavy atom. The number of nitrogens with zero attached hydrogens (tertiary/aromatic N) is 1. The maximum atomic E-state index is 11.5. The molecular formula is C12H16N2O4. The third kappa shape index (κ3) is 2.38. The maximum absolute atomic E-state index is 11.5. The molecule has 0 aliphatic carbocycles. The van der Waals surface area contributed by atoms with Crippen LogP contribution in [0.15, 0.2) is 10.5 Å². The van der Waals surface area contributed by atoms with E-state index in [1.165, 1.54) is 0 Å². The number of rotatable bonds is 3. The third-order valence-electron chi connectivity index (χ3n) is 3.15. The van der Waals surface area contributed by atoms with Crippen LogP contribution >= 0.6 is 0 Å². The summed E-state index contributed by atoms with van der Waals surface area (Å²) in [5, 5.41) is 11.7. The van der Waals surface area contributed by atoms with Gasteiger partial charge in [-0.2, -0.15) is 0 Å². The standard InChI is InChI=1S/C12H16N2O4/c1-7-5-9(18-10(7)12(16)17)6-14-4-3-13-11(15)8(14)2/h5,8H,3-4,6H2,1-2H3,(H,13,15)(H,16,17). The second-order valence-corrected chi connectivity index (χ2v) is 4.47. The van der Waals surface area contributed by atoms with Crippen LogP contribution in [0.3, 0.4) is 0 Å². The molecule has 2 N–H and O–H groups in total. The molecule has 2 rings (SSSR count). The first-order chi connectivity index (χ1) is 8.49. The summed E-state index contributed by atoms with van der Waals surface area (Å²) in [5.41, 5.74) is 0.603. The molecule has 1 aromatic heterocycles. The molecule has 0 spiro atoms. The molecule has 0 bridgehead atoms. The van der Waals surface area contributed by atoms with Gasteiger partial charge in [-0.3, -0.25) is 9.69 Å². The number of nitrogens with one attached hydrogen (secondary N) is 1. The van der Waals surface area contributed by atoms with Gasteiger partial charge in [-0.25, -0.2) is 4.79 Å². The second-order valence-electron chi connectivity index (χ2n) is 4.47. The molecule has 1 atom stereocenters. The van der Waals surface area contributed by atoms with Gasteiger partial charge in [-0.1, -0.05) is 0 Å². The summed E-state index contributed by atoms with van der Waals surface area (Å²) < 4.78 is 5.29. The normalized spacial score (nSPS) is 20.8. The van der Waals surface area contributed by atoms with Crippen molar-refractivity contribution in [2.24, 2.45) is 0 Å². The Kier molecular flexibility index (Phi) is 3.38. The Morgan fingerprint density at radius 1 is 1.67 bits per heavy atom. The van der Waals surface area contributed by atoms with Crippen LogP contribution in [0, 0.1) is 6.92 Å². The quantitative estimate of drug-likeness (QED) is 0.823. The molecule has 0 radical (unpaired) electrons. The number of aryl methyl sites for hydroxylation is 1. The van der Waals surface area contributed by atoms with Gasteiger partial charge < -0.3 is 14.8 Å². The first kappa shape index (κ1) is 12.6. The van der Waals surface area contributed by atoms with Crippen LogP contribution in [-0.4, -0.2) is 41.0 Å². The molecule has 1 unspecified atom stereocenters. The largest absolute Gasteiger partial charge is 0.475 e. The van der Waals surface area contributed by atoms with E-state index in [9.17, 15) is 9.59 Å². The fourth-order valence-electron chi connectivity index (χ4n) is 2.08. The smallest absolute Gasteiger partial charge is 0.372 e. The van der Waals surface area contributed by atoms with Crippen LogP contribution in [0.1, 0.15) is 28.8 Å². The van der Waals surface area contributed by atoms with Crippen molar-refractivity contribution in [3.63, 3.8) is 0 Å². The summed E-state index contributed by atoms with van der Waals surface area (Å²) in [4.78, 5) is 24.3. The van der Waals surface area contributed by atoms with Gasteiger partial charge in [-0.05, 0) is 19.9 Å². The van der Waals surface area contributed by atoms with E-state index in [4.69, 9.17) is 9.52 Å². The lowest BCUT2D eigenvalue weighted by atomic mass is 10.2. The van der Waals surface area contributed by atoms with Crippen LogP contribution < -0.4 is 5.32 Å². The number of aromatic carboxylic acids is 1. The van der Waals surface area contributed by atoms with Gasteiger partial charge in [-0.15, -0.1) is 0 Å². The van der Waals surface area contributed by atoms with Gasteiger partial charge in [0.05, 0.1) is 12.6 Å². The summed E-state index contributed by atoms with van der Waals surface area (Å²) in [7, 11) is 0. The lowest BCUT2D eigenvalue weighted by Gasteiger charge is -2.31.